The fourth-order valence-corrected chi connectivity index (χ4v) is 0.841. The summed E-state index contributed by atoms with van der Waals surface area (Å²) < 4.78 is 0. The molecule has 0 atom stereocenters. The number of hydrogen-bond acceptors (Lipinski definition) is 1. The zero-order valence-electron chi connectivity index (χ0n) is 6.97. The summed E-state index contributed by atoms with van der Waals surface area (Å²) in [5, 5.41) is 8.43. The molecule has 1 N–H and O–H groups in total. The van der Waals surface area contributed by atoms with E-state index in [2.05, 4.69) is 13.8 Å². The smallest absolute Gasteiger partial charge is 0.0431 e. The molecule has 0 aliphatic carbocycles. The van der Waals surface area contributed by atoms with Gasteiger partial charge in [0, 0.05) is 6.61 Å². The summed E-state index contributed by atoms with van der Waals surface area (Å²) in [6.07, 6.45) is 4.75. The molecule has 0 fully saturated rings. The van der Waals surface area contributed by atoms with Crippen LogP contribution >= 0.6 is 12.4 Å². The quantitative estimate of drug-likeness (QED) is 0.623. The second-order valence-electron chi connectivity index (χ2n) is 2.97. The van der Waals surface area contributed by atoms with Gasteiger partial charge in [-0.2, -0.15) is 0 Å². The van der Waals surface area contributed by atoms with Crippen LogP contribution in [-0.4, -0.2) is 11.7 Å². The van der Waals surface area contributed by atoms with Crippen LogP contribution in [0, 0.1) is 5.92 Å². The zero-order valence-corrected chi connectivity index (χ0v) is 7.78. The highest BCUT2D eigenvalue weighted by Crippen LogP contribution is 2.06. The Bertz CT molecular complexity index is 55.2. The van der Waals surface area contributed by atoms with Crippen LogP contribution in [0.3, 0.4) is 0 Å². The monoisotopic (exact) mass is 166 g/mol. The fourth-order valence-electron chi connectivity index (χ4n) is 0.841. The Kier molecular flexibility index (Phi) is 11.9. The third-order valence-electron chi connectivity index (χ3n) is 1.44. The first-order valence-corrected chi connectivity index (χ1v) is 3.88. The summed E-state index contributed by atoms with van der Waals surface area (Å²) in [6, 6.07) is 0. The van der Waals surface area contributed by atoms with E-state index in [4.69, 9.17) is 5.11 Å². The first-order chi connectivity index (χ1) is 4.27. The van der Waals surface area contributed by atoms with Gasteiger partial charge in [0.05, 0.1) is 0 Å². The van der Waals surface area contributed by atoms with Gasteiger partial charge in [-0.3, -0.25) is 0 Å². The summed E-state index contributed by atoms with van der Waals surface area (Å²) in [5.74, 6) is 0.823. The lowest BCUT2D eigenvalue weighted by atomic mass is 10.1. The molecule has 0 aromatic rings. The second kappa shape index (κ2) is 9.25. The van der Waals surface area contributed by atoms with Crippen molar-refractivity contribution in [3.63, 3.8) is 0 Å². The predicted octanol–water partition coefficient (Wildman–Crippen LogP) is 2.62. The van der Waals surface area contributed by atoms with E-state index >= 15 is 0 Å². The molecule has 0 radical (unpaired) electrons. The van der Waals surface area contributed by atoms with Crippen molar-refractivity contribution >= 4 is 12.4 Å². The third kappa shape index (κ3) is 11.1. The Balaban J connectivity index is 0. The summed E-state index contributed by atoms with van der Waals surface area (Å²) >= 11 is 0. The minimum absolute atomic E-state index is 0. The van der Waals surface area contributed by atoms with Gasteiger partial charge in [-0.1, -0.05) is 33.1 Å². The van der Waals surface area contributed by atoms with Crippen LogP contribution in [0.25, 0.3) is 0 Å². The number of halogens is 1. The van der Waals surface area contributed by atoms with E-state index < -0.39 is 0 Å². The highest BCUT2D eigenvalue weighted by atomic mass is 35.5. The van der Waals surface area contributed by atoms with Gasteiger partial charge >= 0.3 is 0 Å². The van der Waals surface area contributed by atoms with E-state index in [-0.39, 0.29) is 12.4 Å². The molecular weight excluding hydrogens is 148 g/mol. The van der Waals surface area contributed by atoms with Gasteiger partial charge in [0.25, 0.3) is 0 Å². The maximum Gasteiger partial charge on any atom is 0.0431 e. The SMILES string of the molecule is CC(C)CCCCCO.Cl. The number of hydrogen-bond donors (Lipinski definition) is 1. The number of aliphatic hydroxyl groups is 1. The van der Waals surface area contributed by atoms with Crippen molar-refractivity contribution in [2.45, 2.75) is 39.5 Å². The topological polar surface area (TPSA) is 20.2 Å². The van der Waals surface area contributed by atoms with Crippen LogP contribution < -0.4 is 0 Å². The van der Waals surface area contributed by atoms with E-state index in [1.807, 2.05) is 0 Å². The molecular formula is C8H19ClO. The number of aliphatic hydroxyl groups excluding tert-OH is 1. The molecule has 0 spiro atoms. The number of rotatable bonds is 5. The Morgan fingerprint density at radius 3 is 2.10 bits per heavy atom. The minimum Gasteiger partial charge on any atom is -0.396 e. The normalized spacial score (nSPS) is 9.60. The molecule has 0 aliphatic heterocycles. The lowest BCUT2D eigenvalue weighted by molar-refractivity contribution is 0.281. The summed E-state index contributed by atoms with van der Waals surface area (Å²) in [7, 11) is 0. The van der Waals surface area contributed by atoms with Gasteiger partial charge in [-0.25, -0.2) is 0 Å². The first kappa shape index (κ1) is 12.9. The highest BCUT2D eigenvalue weighted by molar-refractivity contribution is 5.85. The van der Waals surface area contributed by atoms with Crippen molar-refractivity contribution in [2.24, 2.45) is 5.92 Å². The van der Waals surface area contributed by atoms with Crippen molar-refractivity contribution in [2.75, 3.05) is 6.61 Å². The Labute approximate surface area is 70.2 Å². The standard InChI is InChI=1S/C8H18O.ClH/c1-8(2)6-4-3-5-7-9;/h8-9H,3-7H2,1-2H3;1H. The maximum atomic E-state index is 8.43. The molecule has 0 aromatic heterocycles. The molecule has 64 valence electrons. The molecule has 0 saturated carbocycles. The molecule has 0 aliphatic rings. The van der Waals surface area contributed by atoms with E-state index in [1.54, 1.807) is 0 Å². The molecule has 0 aromatic carbocycles. The van der Waals surface area contributed by atoms with Gasteiger partial charge < -0.3 is 5.11 Å². The zero-order chi connectivity index (χ0) is 7.11. The Hall–Kier alpha value is 0.250. The molecule has 0 rings (SSSR count). The molecule has 10 heavy (non-hydrogen) atoms. The van der Waals surface area contributed by atoms with Crippen molar-refractivity contribution in [3.8, 4) is 0 Å². The fraction of sp³-hybridized carbons (Fsp3) is 1.00. The van der Waals surface area contributed by atoms with Gasteiger partial charge in [0.1, 0.15) is 0 Å². The Morgan fingerprint density at radius 2 is 1.70 bits per heavy atom. The van der Waals surface area contributed by atoms with Crippen molar-refractivity contribution in [3.05, 3.63) is 0 Å². The largest absolute Gasteiger partial charge is 0.396 e. The average Bonchev–Trinajstić information content (AvgIpc) is 1.80. The Morgan fingerprint density at radius 1 is 1.10 bits per heavy atom. The van der Waals surface area contributed by atoms with Crippen LogP contribution in [0.15, 0.2) is 0 Å². The van der Waals surface area contributed by atoms with Crippen molar-refractivity contribution in [1.82, 2.24) is 0 Å². The lowest BCUT2D eigenvalue weighted by Gasteiger charge is -2.01. The number of unbranched alkanes of at least 4 members (excludes halogenated alkanes) is 2. The first-order valence-electron chi connectivity index (χ1n) is 3.88. The summed E-state index contributed by atoms with van der Waals surface area (Å²) in [4.78, 5) is 0. The van der Waals surface area contributed by atoms with Crippen LogP contribution in [0.5, 0.6) is 0 Å². The molecule has 0 heterocycles. The van der Waals surface area contributed by atoms with E-state index in [0.717, 1.165) is 12.3 Å². The van der Waals surface area contributed by atoms with E-state index in [1.165, 1.54) is 19.3 Å². The molecule has 0 bridgehead atoms. The van der Waals surface area contributed by atoms with Crippen LogP contribution in [-0.2, 0) is 0 Å². The lowest BCUT2D eigenvalue weighted by Crippen LogP contribution is -1.88. The van der Waals surface area contributed by atoms with E-state index in [0.29, 0.717) is 6.61 Å². The van der Waals surface area contributed by atoms with Crippen LogP contribution in [0.2, 0.25) is 0 Å². The van der Waals surface area contributed by atoms with Gasteiger partial charge in [0.15, 0.2) is 0 Å². The highest BCUT2D eigenvalue weighted by Gasteiger charge is 1.92. The van der Waals surface area contributed by atoms with Gasteiger partial charge in [-0.15, -0.1) is 12.4 Å². The minimum atomic E-state index is 0. The van der Waals surface area contributed by atoms with Crippen LogP contribution in [0.4, 0.5) is 0 Å². The van der Waals surface area contributed by atoms with Crippen molar-refractivity contribution in [1.29, 1.82) is 0 Å². The van der Waals surface area contributed by atoms with Gasteiger partial charge in [-0.05, 0) is 12.3 Å². The maximum absolute atomic E-state index is 8.43. The van der Waals surface area contributed by atoms with Crippen molar-refractivity contribution < 1.29 is 5.11 Å². The average molecular weight is 167 g/mol. The molecule has 0 amide bonds. The molecule has 2 heteroatoms. The predicted molar refractivity (Wildman–Crippen MR) is 47.6 cm³/mol. The third-order valence-corrected chi connectivity index (χ3v) is 1.44. The molecule has 1 nitrogen and oxygen atoms in total. The summed E-state index contributed by atoms with van der Waals surface area (Å²) in [6.45, 7) is 4.83. The van der Waals surface area contributed by atoms with Gasteiger partial charge in [0.2, 0.25) is 0 Å². The second-order valence-corrected chi connectivity index (χ2v) is 2.97. The molecule has 0 unspecified atom stereocenters. The van der Waals surface area contributed by atoms with Crippen LogP contribution in [0.1, 0.15) is 39.5 Å². The summed E-state index contributed by atoms with van der Waals surface area (Å²) in [5.41, 5.74) is 0. The molecule has 0 saturated heterocycles. The van der Waals surface area contributed by atoms with E-state index in [9.17, 15) is 0 Å².